The van der Waals surface area contributed by atoms with Gasteiger partial charge in [0.15, 0.2) is 0 Å². The van der Waals surface area contributed by atoms with E-state index < -0.39 is 7.12 Å². The molecule has 3 rings (SSSR count). The first kappa shape index (κ1) is 15.5. The van der Waals surface area contributed by atoms with Crippen LogP contribution in [0.15, 0.2) is 4.60 Å². The molecule has 6 nitrogen and oxygen atoms in total. The molecule has 0 saturated carbocycles. The second-order valence-electron chi connectivity index (χ2n) is 6.67. The van der Waals surface area contributed by atoms with Gasteiger partial charge in [0.05, 0.1) is 23.9 Å². The lowest BCUT2D eigenvalue weighted by Crippen LogP contribution is -2.41. The lowest BCUT2D eigenvalue weighted by molar-refractivity contribution is 0.00578. The van der Waals surface area contributed by atoms with Crippen LogP contribution in [0, 0.1) is 0 Å². The predicted molar refractivity (Wildman–Crippen MR) is 82.5 cm³/mol. The molecule has 3 heterocycles. The van der Waals surface area contributed by atoms with Crippen LogP contribution in [-0.4, -0.2) is 46.5 Å². The van der Waals surface area contributed by atoms with E-state index in [9.17, 15) is 0 Å². The molecule has 0 N–H and O–H groups in total. The molecule has 0 aromatic carbocycles. The molecular weight excluding hydrogens is 337 g/mol. The molecule has 0 aliphatic carbocycles. The Hall–Kier alpha value is -0.435. The SMILES string of the molecule is CC1(C)OB(c2nnn(C3CCCOC3)c2Br)OC1(C)C. The van der Waals surface area contributed by atoms with Gasteiger partial charge in [-0.25, -0.2) is 4.68 Å². The maximum atomic E-state index is 6.03. The van der Waals surface area contributed by atoms with Crippen molar-refractivity contribution >= 4 is 28.6 Å². The van der Waals surface area contributed by atoms with E-state index in [2.05, 4.69) is 26.2 Å². The highest BCUT2D eigenvalue weighted by molar-refractivity contribution is 9.10. The molecule has 1 aromatic rings. The Morgan fingerprint density at radius 3 is 2.48 bits per heavy atom. The molecule has 0 amide bonds. The minimum atomic E-state index is -0.498. The van der Waals surface area contributed by atoms with E-state index in [1.807, 2.05) is 32.4 Å². The van der Waals surface area contributed by atoms with Crippen molar-refractivity contribution in [3.8, 4) is 0 Å². The number of hydrogen-bond acceptors (Lipinski definition) is 5. The van der Waals surface area contributed by atoms with Crippen molar-refractivity contribution in [2.75, 3.05) is 13.2 Å². The van der Waals surface area contributed by atoms with Crippen molar-refractivity contribution in [1.29, 1.82) is 0 Å². The number of rotatable bonds is 2. The smallest absolute Gasteiger partial charge is 0.398 e. The van der Waals surface area contributed by atoms with Crippen molar-refractivity contribution in [1.82, 2.24) is 15.0 Å². The molecule has 21 heavy (non-hydrogen) atoms. The summed E-state index contributed by atoms with van der Waals surface area (Å²) in [7, 11) is -0.498. The third kappa shape index (κ3) is 2.67. The molecule has 2 aliphatic heterocycles. The summed E-state index contributed by atoms with van der Waals surface area (Å²) in [5.74, 6) is 0. The van der Waals surface area contributed by atoms with Crippen LogP contribution in [0.4, 0.5) is 0 Å². The zero-order valence-corrected chi connectivity index (χ0v) is 14.5. The summed E-state index contributed by atoms with van der Waals surface area (Å²) >= 11 is 3.59. The number of aromatic nitrogens is 3. The number of nitrogens with zero attached hydrogens (tertiary/aromatic N) is 3. The molecule has 116 valence electrons. The highest BCUT2D eigenvalue weighted by atomic mass is 79.9. The number of halogens is 1. The van der Waals surface area contributed by atoms with Gasteiger partial charge in [-0.15, -0.1) is 5.10 Å². The van der Waals surface area contributed by atoms with Crippen LogP contribution >= 0.6 is 15.9 Å². The Kier molecular flexibility index (Phi) is 3.92. The molecule has 0 spiro atoms. The van der Waals surface area contributed by atoms with Crippen molar-refractivity contribution in [3.05, 3.63) is 4.60 Å². The van der Waals surface area contributed by atoms with E-state index >= 15 is 0 Å². The van der Waals surface area contributed by atoms with Crippen LogP contribution in [0.1, 0.15) is 46.6 Å². The first-order valence-electron chi connectivity index (χ1n) is 7.36. The van der Waals surface area contributed by atoms with E-state index in [-0.39, 0.29) is 17.2 Å². The molecule has 1 atom stereocenters. The molecule has 1 unspecified atom stereocenters. The largest absolute Gasteiger partial charge is 0.519 e. The van der Waals surface area contributed by atoms with E-state index in [0.29, 0.717) is 12.2 Å². The van der Waals surface area contributed by atoms with Gasteiger partial charge in [0, 0.05) is 6.61 Å². The second-order valence-corrected chi connectivity index (χ2v) is 7.42. The molecule has 2 aliphatic rings. The van der Waals surface area contributed by atoms with E-state index in [1.165, 1.54) is 0 Å². The van der Waals surface area contributed by atoms with Crippen LogP contribution < -0.4 is 5.59 Å². The predicted octanol–water partition coefficient (Wildman–Crippen LogP) is 1.69. The second kappa shape index (κ2) is 5.33. The lowest BCUT2D eigenvalue weighted by Gasteiger charge is -2.32. The van der Waals surface area contributed by atoms with Crippen molar-refractivity contribution < 1.29 is 14.0 Å². The fraction of sp³-hybridized carbons (Fsp3) is 0.846. The lowest BCUT2D eigenvalue weighted by atomic mass is 9.86. The van der Waals surface area contributed by atoms with Gasteiger partial charge in [-0.05, 0) is 56.5 Å². The van der Waals surface area contributed by atoms with Crippen molar-refractivity contribution in [2.24, 2.45) is 0 Å². The van der Waals surface area contributed by atoms with Crippen LogP contribution in [0.3, 0.4) is 0 Å². The minimum Gasteiger partial charge on any atom is -0.398 e. The summed E-state index contributed by atoms with van der Waals surface area (Å²) in [6.45, 7) is 9.61. The monoisotopic (exact) mass is 357 g/mol. The molecule has 0 bridgehead atoms. The molecule has 0 radical (unpaired) electrons. The van der Waals surface area contributed by atoms with Gasteiger partial charge in [0.25, 0.3) is 0 Å². The summed E-state index contributed by atoms with van der Waals surface area (Å²) in [6.07, 6.45) is 2.09. The minimum absolute atomic E-state index is 0.219. The Balaban J connectivity index is 1.83. The standard InChI is InChI=1S/C13H21BBrN3O3/c1-12(2)13(3,4)21-14(20-12)10-11(15)18(17-16-10)9-6-5-7-19-8-9/h9H,5-8H2,1-4H3. The van der Waals surface area contributed by atoms with Crippen molar-refractivity contribution in [2.45, 2.75) is 57.8 Å². The first-order valence-corrected chi connectivity index (χ1v) is 8.15. The average Bonchev–Trinajstić information content (AvgIpc) is 2.89. The van der Waals surface area contributed by atoms with Gasteiger partial charge in [0.1, 0.15) is 10.2 Å². The average molecular weight is 358 g/mol. The van der Waals surface area contributed by atoms with Gasteiger partial charge in [0.2, 0.25) is 0 Å². The highest BCUT2D eigenvalue weighted by Crippen LogP contribution is 2.37. The quantitative estimate of drug-likeness (QED) is 0.754. The first-order chi connectivity index (χ1) is 9.82. The van der Waals surface area contributed by atoms with Gasteiger partial charge in [-0.1, -0.05) is 5.21 Å². The zero-order valence-electron chi connectivity index (χ0n) is 12.9. The van der Waals surface area contributed by atoms with Crippen LogP contribution in [-0.2, 0) is 14.0 Å². The summed E-state index contributed by atoms with van der Waals surface area (Å²) in [4.78, 5) is 0. The van der Waals surface area contributed by atoms with Gasteiger partial charge >= 0.3 is 7.12 Å². The van der Waals surface area contributed by atoms with E-state index in [0.717, 1.165) is 24.1 Å². The summed E-state index contributed by atoms with van der Waals surface area (Å²) in [5.41, 5.74) is -0.0665. The normalized spacial score (nSPS) is 28.0. The third-order valence-corrected chi connectivity index (χ3v) is 5.39. The summed E-state index contributed by atoms with van der Waals surface area (Å²) in [6, 6.07) is 0.219. The Labute approximate surface area is 133 Å². The Morgan fingerprint density at radius 1 is 1.24 bits per heavy atom. The Bertz CT molecular complexity index is 513. The maximum absolute atomic E-state index is 6.03. The third-order valence-electron chi connectivity index (χ3n) is 4.62. The van der Waals surface area contributed by atoms with E-state index in [4.69, 9.17) is 14.0 Å². The zero-order chi connectivity index (χ0) is 15.3. The number of hydrogen-bond donors (Lipinski definition) is 0. The topological polar surface area (TPSA) is 58.4 Å². The fourth-order valence-electron chi connectivity index (χ4n) is 2.54. The summed E-state index contributed by atoms with van der Waals surface area (Å²) < 4.78 is 20.3. The highest BCUT2D eigenvalue weighted by Gasteiger charge is 2.53. The van der Waals surface area contributed by atoms with Gasteiger partial charge < -0.3 is 14.0 Å². The molecule has 2 fully saturated rings. The van der Waals surface area contributed by atoms with Crippen LogP contribution in [0.25, 0.3) is 0 Å². The number of ether oxygens (including phenoxy) is 1. The van der Waals surface area contributed by atoms with Gasteiger partial charge in [-0.3, -0.25) is 0 Å². The molecule has 1 aromatic heterocycles. The van der Waals surface area contributed by atoms with Crippen molar-refractivity contribution in [3.63, 3.8) is 0 Å². The molecular formula is C13H21BBrN3O3. The summed E-state index contributed by atoms with van der Waals surface area (Å²) in [5, 5.41) is 8.52. The van der Waals surface area contributed by atoms with E-state index in [1.54, 1.807) is 0 Å². The van der Waals surface area contributed by atoms with Crippen LogP contribution in [0.2, 0.25) is 0 Å². The van der Waals surface area contributed by atoms with Crippen LogP contribution in [0.5, 0.6) is 0 Å². The van der Waals surface area contributed by atoms with Gasteiger partial charge in [-0.2, -0.15) is 0 Å². The Morgan fingerprint density at radius 2 is 1.90 bits per heavy atom. The maximum Gasteiger partial charge on any atom is 0.519 e. The fourth-order valence-corrected chi connectivity index (χ4v) is 3.17. The molecule has 8 heteroatoms. The molecule has 2 saturated heterocycles.